The third-order valence-electron chi connectivity index (χ3n) is 0.951. The maximum absolute atomic E-state index is 10.2. The van der Waals surface area contributed by atoms with Gasteiger partial charge in [0, 0.05) is 4.88 Å². The van der Waals surface area contributed by atoms with Crippen molar-refractivity contribution >= 4 is 36.2 Å². The van der Waals surface area contributed by atoms with Crippen molar-refractivity contribution < 1.29 is 9.90 Å². The molecule has 0 amide bonds. The van der Waals surface area contributed by atoms with E-state index < -0.39 is 5.97 Å². The van der Waals surface area contributed by atoms with Crippen LogP contribution < -0.4 is 0 Å². The van der Waals surface area contributed by atoms with Crippen LogP contribution in [0.3, 0.4) is 0 Å². The topological polar surface area (TPSA) is 37.3 Å². The van der Waals surface area contributed by atoms with Gasteiger partial charge in [-0.25, -0.2) is 4.79 Å². The number of carboxylic acids is 1. The van der Waals surface area contributed by atoms with Crippen LogP contribution in [0.4, 0.5) is 0 Å². The third kappa shape index (κ3) is 2.18. The Morgan fingerprint density at radius 2 is 2.20 bits per heavy atom. The molecular formula is C6H7LiO2S. The predicted molar refractivity (Wildman–Crippen MR) is 43.2 cm³/mol. The van der Waals surface area contributed by atoms with Crippen LogP contribution in [0.2, 0.25) is 0 Å². The molecule has 10 heavy (non-hydrogen) atoms. The first-order valence-electron chi connectivity index (χ1n) is 2.50. The average Bonchev–Trinajstić information content (AvgIpc) is 2.14. The van der Waals surface area contributed by atoms with Crippen molar-refractivity contribution in [3.63, 3.8) is 0 Å². The molecule has 0 aliphatic heterocycles. The molecule has 1 aromatic rings. The van der Waals surface area contributed by atoms with Gasteiger partial charge in [0.1, 0.15) is 4.88 Å². The normalized spacial score (nSPS) is 8.50. The van der Waals surface area contributed by atoms with Crippen LogP contribution in [0.5, 0.6) is 0 Å². The van der Waals surface area contributed by atoms with Crippen molar-refractivity contribution in [2.24, 2.45) is 0 Å². The molecule has 50 valence electrons. The Morgan fingerprint density at radius 1 is 1.60 bits per heavy atom. The Labute approximate surface area is 75.1 Å². The van der Waals surface area contributed by atoms with Gasteiger partial charge in [0.2, 0.25) is 0 Å². The average molecular weight is 150 g/mol. The fourth-order valence-corrected chi connectivity index (χ4v) is 1.26. The zero-order valence-corrected chi connectivity index (χ0v) is 5.73. The van der Waals surface area contributed by atoms with Crippen LogP contribution in [0, 0.1) is 6.92 Å². The van der Waals surface area contributed by atoms with Gasteiger partial charge in [-0.15, -0.1) is 11.3 Å². The third-order valence-corrected chi connectivity index (χ3v) is 1.94. The zero-order chi connectivity index (χ0) is 6.85. The number of aromatic carboxylic acids is 1. The van der Waals surface area contributed by atoms with Crippen LogP contribution >= 0.6 is 11.3 Å². The number of carbonyl (C=O) groups is 1. The molecule has 0 spiro atoms. The molecule has 2 nitrogen and oxygen atoms in total. The van der Waals surface area contributed by atoms with E-state index in [9.17, 15) is 4.79 Å². The zero-order valence-electron chi connectivity index (χ0n) is 4.92. The Balaban J connectivity index is 0.000000810. The molecule has 1 rings (SSSR count). The summed E-state index contributed by atoms with van der Waals surface area (Å²) in [5.41, 5.74) is 0. The van der Waals surface area contributed by atoms with E-state index in [4.69, 9.17) is 5.11 Å². The van der Waals surface area contributed by atoms with Crippen molar-refractivity contribution in [3.8, 4) is 0 Å². The number of hydrogen-bond acceptors (Lipinski definition) is 2. The predicted octanol–water partition coefficient (Wildman–Crippen LogP) is 1.11. The molecule has 0 saturated carbocycles. The molecule has 0 aliphatic rings. The van der Waals surface area contributed by atoms with Crippen LogP contribution in [-0.4, -0.2) is 29.9 Å². The second-order valence-corrected chi connectivity index (χ2v) is 3.00. The van der Waals surface area contributed by atoms with Crippen molar-refractivity contribution in [1.29, 1.82) is 0 Å². The molecule has 0 aromatic carbocycles. The molecule has 4 heteroatoms. The summed E-state index contributed by atoms with van der Waals surface area (Å²) in [5, 5.41) is 8.41. The molecule has 0 radical (unpaired) electrons. The Kier molecular flexibility index (Phi) is 3.73. The van der Waals surface area contributed by atoms with Gasteiger partial charge in [0.05, 0.1) is 0 Å². The quantitative estimate of drug-likeness (QED) is 0.609. The van der Waals surface area contributed by atoms with Gasteiger partial charge in [0.25, 0.3) is 0 Å². The number of rotatable bonds is 1. The minimum atomic E-state index is -0.840. The SMILES string of the molecule is Cc1ccc(C(=O)O)s1.[LiH]. The Bertz CT molecular complexity index is 231. The van der Waals surface area contributed by atoms with Gasteiger partial charge in [-0.05, 0) is 19.1 Å². The number of thiophene rings is 1. The summed E-state index contributed by atoms with van der Waals surface area (Å²) in [7, 11) is 0. The van der Waals surface area contributed by atoms with Crippen molar-refractivity contribution in [2.45, 2.75) is 6.92 Å². The summed E-state index contributed by atoms with van der Waals surface area (Å²) in [4.78, 5) is 11.7. The molecule has 1 aromatic heterocycles. The molecule has 1 N–H and O–H groups in total. The second-order valence-electron chi connectivity index (χ2n) is 1.72. The van der Waals surface area contributed by atoms with E-state index in [1.165, 1.54) is 11.3 Å². The van der Waals surface area contributed by atoms with Crippen LogP contribution in [0.1, 0.15) is 14.5 Å². The van der Waals surface area contributed by atoms with E-state index in [2.05, 4.69) is 0 Å². The van der Waals surface area contributed by atoms with E-state index in [1.807, 2.05) is 6.92 Å². The van der Waals surface area contributed by atoms with Crippen LogP contribution in [0.15, 0.2) is 12.1 Å². The summed E-state index contributed by atoms with van der Waals surface area (Å²) in [6, 6.07) is 3.41. The molecule has 0 unspecified atom stereocenters. The number of carboxylic acid groups (broad SMARTS) is 1. The fourth-order valence-electron chi connectivity index (χ4n) is 0.549. The molecule has 0 aliphatic carbocycles. The molecule has 0 fully saturated rings. The van der Waals surface area contributed by atoms with Gasteiger partial charge >= 0.3 is 24.8 Å². The van der Waals surface area contributed by atoms with E-state index in [1.54, 1.807) is 12.1 Å². The first-order chi connectivity index (χ1) is 4.20. The van der Waals surface area contributed by atoms with Crippen molar-refractivity contribution in [1.82, 2.24) is 0 Å². The van der Waals surface area contributed by atoms with E-state index in [0.717, 1.165) is 4.88 Å². The maximum atomic E-state index is 10.2. The Morgan fingerprint density at radius 3 is 2.40 bits per heavy atom. The summed E-state index contributed by atoms with van der Waals surface area (Å²) >= 11 is 1.30. The van der Waals surface area contributed by atoms with Gasteiger partial charge in [0.15, 0.2) is 0 Å². The summed E-state index contributed by atoms with van der Waals surface area (Å²) in [6.45, 7) is 1.89. The van der Waals surface area contributed by atoms with E-state index >= 15 is 0 Å². The standard InChI is InChI=1S/C6H6O2S.Li.H/c1-4-2-3-5(9-4)6(7)8;;/h2-3H,1H3,(H,7,8);;. The number of hydrogen-bond donors (Lipinski definition) is 1. The molecule has 0 bridgehead atoms. The van der Waals surface area contributed by atoms with Gasteiger partial charge in [-0.3, -0.25) is 0 Å². The van der Waals surface area contributed by atoms with Crippen molar-refractivity contribution in [2.75, 3.05) is 0 Å². The summed E-state index contributed by atoms with van der Waals surface area (Å²) in [6.07, 6.45) is 0. The van der Waals surface area contributed by atoms with Crippen LogP contribution in [0.25, 0.3) is 0 Å². The van der Waals surface area contributed by atoms with Crippen LogP contribution in [-0.2, 0) is 0 Å². The minimum absolute atomic E-state index is 0. The van der Waals surface area contributed by atoms with E-state index in [0.29, 0.717) is 4.88 Å². The van der Waals surface area contributed by atoms with Crippen molar-refractivity contribution in [3.05, 3.63) is 21.9 Å². The first kappa shape index (κ1) is 9.77. The van der Waals surface area contributed by atoms with Gasteiger partial charge in [-0.2, -0.15) is 0 Å². The molecule has 0 atom stereocenters. The van der Waals surface area contributed by atoms with E-state index in [-0.39, 0.29) is 18.9 Å². The monoisotopic (exact) mass is 150 g/mol. The Hall–Kier alpha value is -0.233. The van der Waals surface area contributed by atoms with Gasteiger partial charge < -0.3 is 5.11 Å². The first-order valence-corrected chi connectivity index (χ1v) is 3.31. The van der Waals surface area contributed by atoms with Gasteiger partial charge in [-0.1, -0.05) is 0 Å². The molecule has 1 heterocycles. The summed E-state index contributed by atoms with van der Waals surface area (Å²) in [5.74, 6) is -0.840. The fraction of sp³-hybridized carbons (Fsp3) is 0.167. The number of aryl methyl sites for hydroxylation is 1. The molecule has 0 saturated heterocycles. The summed E-state index contributed by atoms with van der Waals surface area (Å²) < 4.78 is 0. The molecular weight excluding hydrogens is 143 g/mol. The second kappa shape index (κ2) is 3.82.